The molecule has 104 valence electrons. The molecule has 1 aromatic heterocycles. The van der Waals surface area contributed by atoms with Gasteiger partial charge < -0.3 is 22.7 Å². The van der Waals surface area contributed by atoms with Crippen molar-refractivity contribution < 1.29 is 31.3 Å². The lowest BCUT2D eigenvalue weighted by Crippen LogP contribution is -3.00. The van der Waals surface area contributed by atoms with Gasteiger partial charge in [-0.05, 0) is 12.1 Å². The summed E-state index contributed by atoms with van der Waals surface area (Å²) in [4.78, 5) is 21.0. The Kier molecular flexibility index (Phi) is 5.33. The van der Waals surface area contributed by atoms with Crippen LogP contribution in [0.2, 0.25) is 0 Å². The molecule has 1 heterocycles. The van der Waals surface area contributed by atoms with Crippen LogP contribution in [0.1, 0.15) is 15.9 Å². The number of carbonyl (C=O) groups is 1. The third kappa shape index (κ3) is 3.86. The average Bonchev–Trinajstić information content (AvgIpc) is 2.40. The first kappa shape index (κ1) is 15.8. The molecular formula is C13H12BrN3O3. The van der Waals surface area contributed by atoms with E-state index in [1.54, 1.807) is 36.7 Å². The number of hydrogen-bond acceptors (Lipinski definition) is 3. The molecule has 1 aromatic carbocycles. The highest BCUT2D eigenvalue weighted by atomic mass is 79.9. The van der Waals surface area contributed by atoms with E-state index in [2.05, 4.69) is 0 Å². The number of aromatic nitrogens is 1. The molecule has 0 saturated heterocycles. The molecule has 0 aliphatic rings. The number of carbonyl (C=O) groups excluding carboxylic acids is 1. The van der Waals surface area contributed by atoms with Crippen molar-refractivity contribution in [1.82, 2.24) is 0 Å². The molecule has 0 fully saturated rings. The second kappa shape index (κ2) is 6.76. The second-order valence-electron chi connectivity index (χ2n) is 4.05. The molecule has 0 atom stereocenters. The van der Waals surface area contributed by atoms with Crippen LogP contribution < -0.4 is 27.3 Å². The quantitative estimate of drug-likeness (QED) is 0.399. The van der Waals surface area contributed by atoms with Gasteiger partial charge in [0.25, 0.3) is 5.69 Å². The summed E-state index contributed by atoms with van der Waals surface area (Å²) in [7, 11) is 0. The summed E-state index contributed by atoms with van der Waals surface area (Å²) in [6, 6.07) is 9.60. The van der Waals surface area contributed by atoms with E-state index in [9.17, 15) is 14.9 Å². The van der Waals surface area contributed by atoms with E-state index in [-0.39, 0.29) is 22.7 Å². The van der Waals surface area contributed by atoms with Crippen LogP contribution in [-0.4, -0.2) is 10.8 Å². The molecule has 0 saturated carbocycles. The molecule has 0 unspecified atom stereocenters. The number of halogens is 1. The number of nitro benzene ring substituents is 1. The fourth-order valence-corrected chi connectivity index (χ4v) is 1.66. The molecule has 2 rings (SSSR count). The van der Waals surface area contributed by atoms with Gasteiger partial charge in [0.05, 0.1) is 10.5 Å². The van der Waals surface area contributed by atoms with Crippen molar-refractivity contribution in [1.29, 1.82) is 0 Å². The molecule has 1 amide bonds. The predicted octanol–water partition coefficient (Wildman–Crippen LogP) is -1.97. The van der Waals surface area contributed by atoms with Gasteiger partial charge in [0.1, 0.15) is 0 Å². The average molecular weight is 338 g/mol. The SMILES string of the molecule is NC(=O)c1cc[n+](Cc2ccc([N+](=O)[O-])cc2)cc1.[Br-]. The zero-order valence-electron chi connectivity index (χ0n) is 10.4. The minimum absolute atomic E-state index is 0. The summed E-state index contributed by atoms with van der Waals surface area (Å²) in [6.45, 7) is 0.567. The second-order valence-corrected chi connectivity index (χ2v) is 4.05. The maximum Gasteiger partial charge on any atom is 0.269 e. The molecule has 0 bridgehead atoms. The molecule has 0 radical (unpaired) electrons. The largest absolute Gasteiger partial charge is 1.00 e. The number of primary amides is 1. The summed E-state index contributed by atoms with van der Waals surface area (Å²) < 4.78 is 1.85. The van der Waals surface area contributed by atoms with Crippen LogP contribution in [0.3, 0.4) is 0 Å². The third-order valence-electron chi connectivity index (χ3n) is 2.69. The Hall–Kier alpha value is -2.28. The van der Waals surface area contributed by atoms with Crippen molar-refractivity contribution >= 4 is 11.6 Å². The molecule has 0 aliphatic heterocycles. The Labute approximate surface area is 125 Å². The summed E-state index contributed by atoms with van der Waals surface area (Å²) in [5.41, 5.74) is 6.59. The molecule has 0 spiro atoms. The fraction of sp³-hybridized carbons (Fsp3) is 0.0769. The van der Waals surface area contributed by atoms with Crippen molar-refractivity contribution in [3.63, 3.8) is 0 Å². The van der Waals surface area contributed by atoms with Gasteiger partial charge in [-0.2, -0.15) is 0 Å². The molecule has 2 aromatic rings. The molecule has 6 nitrogen and oxygen atoms in total. The number of rotatable bonds is 4. The Balaban J connectivity index is 0.00000200. The minimum atomic E-state index is -0.470. The van der Waals surface area contributed by atoms with E-state index in [1.807, 2.05) is 4.57 Å². The first-order chi connectivity index (χ1) is 9.06. The molecule has 20 heavy (non-hydrogen) atoms. The Bertz CT molecular complexity index is 556. The maximum atomic E-state index is 10.9. The van der Waals surface area contributed by atoms with Gasteiger partial charge in [0, 0.05) is 29.8 Å². The van der Waals surface area contributed by atoms with Crippen LogP contribution in [0.25, 0.3) is 0 Å². The Morgan fingerprint density at radius 3 is 2.15 bits per heavy atom. The lowest BCUT2D eigenvalue weighted by Gasteiger charge is -1.98. The fourth-order valence-electron chi connectivity index (χ4n) is 1.66. The van der Waals surface area contributed by atoms with E-state index >= 15 is 0 Å². The van der Waals surface area contributed by atoms with Gasteiger partial charge in [-0.3, -0.25) is 14.9 Å². The van der Waals surface area contributed by atoms with Gasteiger partial charge in [-0.15, -0.1) is 0 Å². The number of amides is 1. The van der Waals surface area contributed by atoms with Crippen LogP contribution in [0.4, 0.5) is 5.69 Å². The normalized spacial score (nSPS) is 9.60. The van der Waals surface area contributed by atoms with Crippen LogP contribution >= 0.6 is 0 Å². The monoisotopic (exact) mass is 337 g/mol. The zero-order valence-corrected chi connectivity index (χ0v) is 12.0. The predicted molar refractivity (Wildman–Crippen MR) is 67.4 cm³/mol. The molecular weight excluding hydrogens is 326 g/mol. The lowest BCUT2D eigenvalue weighted by atomic mass is 10.2. The highest BCUT2D eigenvalue weighted by Gasteiger charge is 2.08. The first-order valence-corrected chi connectivity index (χ1v) is 5.58. The van der Waals surface area contributed by atoms with E-state index < -0.39 is 10.8 Å². The van der Waals surface area contributed by atoms with Crippen LogP contribution in [0.5, 0.6) is 0 Å². The number of pyridine rings is 1. The number of nitrogens with two attached hydrogens (primary N) is 1. The van der Waals surface area contributed by atoms with E-state index in [0.29, 0.717) is 12.1 Å². The van der Waals surface area contributed by atoms with Crippen molar-refractivity contribution in [2.45, 2.75) is 6.54 Å². The van der Waals surface area contributed by atoms with Gasteiger partial charge in [-0.1, -0.05) is 0 Å². The first-order valence-electron chi connectivity index (χ1n) is 5.58. The van der Waals surface area contributed by atoms with Crippen LogP contribution in [0.15, 0.2) is 48.8 Å². The Morgan fingerprint density at radius 1 is 1.15 bits per heavy atom. The third-order valence-corrected chi connectivity index (χ3v) is 2.69. The Morgan fingerprint density at radius 2 is 1.70 bits per heavy atom. The van der Waals surface area contributed by atoms with Crippen molar-refractivity contribution in [3.8, 4) is 0 Å². The zero-order chi connectivity index (χ0) is 13.8. The van der Waals surface area contributed by atoms with E-state index in [1.165, 1.54) is 12.1 Å². The van der Waals surface area contributed by atoms with Gasteiger partial charge in [-0.25, -0.2) is 4.57 Å². The van der Waals surface area contributed by atoms with Gasteiger partial charge >= 0.3 is 0 Å². The lowest BCUT2D eigenvalue weighted by molar-refractivity contribution is -0.688. The smallest absolute Gasteiger partial charge is 0.269 e. The molecule has 0 aliphatic carbocycles. The maximum absolute atomic E-state index is 10.9. The number of hydrogen-bond donors (Lipinski definition) is 1. The number of benzene rings is 1. The molecule has 7 heteroatoms. The summed E-state index contributed by atoms with van der Waals surface area (Å²) >= 11 is 0. The highest BCUT2D eigenvalue weighted by Crippen LogP contribution is 2.11. The van der Waals surface area contributed by atoms with Gasteiger partial charge in [0.2, 0.25) is 5.91 Å². The van der Waals surface area contributed by atoms with E-state index in [4.69, 9.17) is 5.73 Å². The van der Waals surface area contributed by atoms with Crippen molar-refractivity contribution in [2.24, 2.45) is 5.73 Å². The summed E-state index contributed by atoms with van der Waals surface area (Å²) in [5.74, 6) is -0.470. The van der Waals surface area contributed by atoms with E-state index in [0.717, 1.165) is 5.56 Å². The topological polar surface area (TPSA) is 90.1 Å². The van der Waals surface area contributed by atoms with Gasteiger partial charge in [0.15, 0.2) is 18.9 Å². The molecule has 2 N–H and O–H groups in total. The summed E-state index contributed by atoms with van der Waals surface area (Å²) in [5, 5.41) is 10.5. The number of nitrogens with zero attached hydrogens (tertiary/aromatic N) is 2. The number of non-ortho nitro benzene ring substituents is 1. The van der Waals surface area contributed by atoms with Crippen molar-refractivity contribution in [2.75, 3.05) is 0 Å². The number of nitro groups is 1. The standard InChI is InChI=1S/C13H11N3O3.BrH/c14-13(17)11-5-7-15(8-6-11)9-10-1-3-12(4-2-10)16(18)19;/h1-8H,9H2,(H-,14,17);1H. The highest BCUT2D eigenvalue weighted by molar-refractivity contribution is 5.92. The van der Waals surface area contributed by atoms with Crippen LogP contribution in [0, 0.1) is 10.1 Å². The van der Waals surface area contributed by atoms with Crippen molar-refractivity contribution in [3.05, 3.63) is 70.0 Å². The van der Waals surface area contributed by atoms with Crippen LogP contribution in [-0.2, 0) is 6.54 Å². The summed E-state index contributed by atoms with van der Waals surface area (Å²) in [6.07, 6.45) is 3.48. The minimum Gasteiger partial charge on any atom is -1.00 e.